The summed E-state index contributed by atoms with van der Waals surface area (Å²) in [5.41, 5.74) is 3.74. The summed E-state index contributed by atoms with van der Waals surface area (Å²) >= 11 is 0. The van der Waals surface area contributed by atoms with Gasteiger partial charge in [-0.25, -0.2) is 0 Å². The fraction of sp³-hybridized carbons (Fsp3) is 0.409. The molecule has 0 bridgehead atoms. The van der Waals surface area contributed by atoms with E-state index >= 15 is 0 Å². The van der Waals surface area contributed by atoms with Crippen LogP contribution in [0.3, 0.4) is 0 Å². The lowest BCUT2D eigenvalue weighted by molar-refractivity contribution is -0.128. The van der Waals surface area contributed by atoms with Gasteiger partial charge in [-0.1, -0.05) is 19.1 Å². The van der Waals surface area contributed by atoms with Gasteiger partial charge in [0.2, 0.25) is 6.79 Å². The van der Waals surface area contributed by atoms with Gasteiger partial charge in [0.15, 0.2) is 17.6 Å². The predicted molar refractivity (Wildman–Crippen MR) is 102 cm³/mol. The number of ether oxygens (including phenoxy) is 3. The lowest BCUT2D eigenvalue weighted by Gasteiger charge is -2.20. The minimum Gasteiger partial charge on any atom is -0.481 e. The van der Waals surface area contributed by atoms with Crippen molar-refractivity contribution >= 4 is 5.91 Å². The number of benzene rings is 2. The van der Waals surface area contributed by atoms with Gasteiger partial charge in [-0.3, -0.25) is 4.79 Å². The molecule has 1 heterocycles. The van der Waals surface area contributed by atoms with Gasteiger partial charge in [0.1, 0.15) is 5.75 Å². The molecule has 5 nitrogen and oxygen atoms in total. The number of carbonyl (C=O) groups excluding carboxylic acids is 1. The van der Waals surface area contributed by atoms with E-state index in [0.717, 1.165) is 35.7 Å². The van der Waals surface area contributed by atoms with Crippen molar-refractivity contribution in [2.75, 3.05) is 6.79 Å². The average molecular weight is 367 g/mol. The Labute approximate surface area is 159 Å². The zero-order valence-corrected chi connectivity index (χ0v) is 15.6. The number of nitrogens with one attached hydrogen (secondary N) is 1. The molecule has 1 aliphatic carbocycles. The molecular weight excluding hydrogens is 342 g/mol. The van der Waals surface area contributed by atoms with E-state index in [4.69, 9.17) is 14.2 Å². The van der Waals surface area contributed by atoms with Gasteiger partial charge in [0, 0.05) is 6.54 Å². The van der Waals surface area contributed by atoms with E-state index in [1.807, 2.05) is 31.2 Å². The molecule has 2 aromatic rings. The van der Waals surface area contributed by atoms with Crippen LogP contribution in [0.5, 0.6) is 17.2 Å². The van der Waals surface area contributed by atoms with Crippen LogP contribution in [0.25, 0.3) is 0 Å². The molecule has 0 fully saturated rings. The molecule has 27 heavy (non-hydrogen) atoms. The van der Waals surface area contributed by atoms with E-state index in [1.54, 1.807) is 0 Å². The molecule has 0 spiro atoms. The SMILES string of the molecule is CC[C@H](Oc1ccc2c(c1)CCCC2)C(=O)NCc1ccc2c(c1)OCO2. The van der Waals surface area contributed by atoms with Crippen LogP contribution in [0.4, 0.5) is 0 Å². The van der Waals surface area contributed by atoms with Gasteiger partial charge in [-0.05, 0) is 73.1 Å². The zero-order chi connectivity index (χ0) is 18.6. The van der Waals surface area contributed by atoms with Crippen LogP contribution in [-0.2, 0) is 24.2 Å². The van der Waals surface area contributed by atoms with E-state index in [2.05, 4.69) is 17.4 Å². The van der Waals surface area contributed by atoms with Crippen molar-refractivity contribution in [3.8, 4) is 17.2 Å². The molecule has 0 aromatic heterocycles. The number of carbonyl (C=O) groups is 1. The molecule has 0 unspecified atom stereocenters. The summed E-state index contributed by atoms with van der Waals surface area (Å²) in [7, 11) is 0. The molecule has 2 aromatic carbocycles. The minimum absolute atomic E-state index is 0.104. The average Bonchev–Trinajstić information content (AvgIpc) is 3.18. The van der Waals surface area contributed by atoms with E-state index in [1.165, 1.54) is 24.0 Å². The fourth-order valence-electron chi connectivity index (χ4n) is 3.62. The van der Waals surface area contributed by atoms with Crippen molar-refractivity contribution in [3.05, 3.63) is 53.1 Å². The Kier molecular flexibility index (Phi) is 5.19. The first-order chi connectivity index (χ1) is 13.2. The second-order valence-electron chi connectivity index (χ2n) is 7.06. The molecule has 1 aliphatic heterocycles. The third kappa shape index (κ3) is 4.02. The first kappa shape index (κ1) is 17.7. The van der Waals surface area contributed by atoms with Gasteiger partial charge in [-0.15, -0.1) is 0 Å². The van der Waals surface area contributed by atoms with Crippen LogP contribution in [0, 0.1) is 0 Å². The summed E-state index contributed by atoms with van der Waals surface area (Å²) < 4.78 is 16.7. The number of hydrogen-bond acceptors (Lipinski definition) is 4. The molecule has 142 valence electrons. The normalized spacial score (nSPS) is 15.7. The summed E-state index contributed by atoms with van der Waals surface area (Å²) in [6.45, 7) is 2.64. The Bertz CT molecular complexity index is 833. The summed E-state index contributed by atoms with van der Waals surface area (Å²) in [4.78, 5) is 12.6. The number of amides is 1. The van der Waals surface area contributed by atoms with E-state index in [9.17, 15) is 4.79 Å². The van der Waals surface area contributed by atoms with E-state index in [-0.39, 0.29) is 12.7 Å². The monoisotopic (exact) mass is 367 g/mol. The molecule has 0 saturated carbocycles. The van der Waals surface area contributed by atoms with Crippen LogP contribution in [0.1, 0.15) is 42.9 Å². The van der Waals surface area contributed by atoms with Crippen molar-refractivity contribution in [2.45, 2.75) is 51.7 Å². The van der Waals surface area contributed by atoms with Gasteiger partial charge in [-0.2, -0.15) is 0 Å². The molecule has 4 rings (SSSR count). The quantitative estimate of drug-likeness (QED) is 0.844. The molecule has 1 atom stereocenters. The van der Waals surface area contributed by atoms with Crippen LogP contribution in [0.2, 0.25) is 0 Å². The topological polar surface area (TPSA) is 56.8 Å². The smallest absolute Gasteiger partial charge is 0.261 e. The predicted octanol–water partition coefficient (Wildman–Crippen LogP) is 3.77. The summed E-state index contributed by atoms with van der Waals surface area (Å²) in [5.74, 6) is 2.14. The van der Waals surface area contributed by atoms with Crippen LogP contribution < -0.4 is 19.5 Å². The highest BCUT2D eigenvalue weighted by molar-refractivity contribution is 5.81. The zero-order valence-electron chi connectivity index (χ0n) is 15.6. The second-order valence-corrected chi connectivity index (χ2v) is 7.06. The molecule has 0 saturated heterocycles. The van der Waals surface area contributed by atoms with Crippen molar-refractivity contribution in [3.63, 3.8) is 0 Å². The lowest BCUT2D eigenvalue weighted by atomic mass is 9.92. The maximum absolute atomic E-state index is 12.6. The standard InChI is InChI=1S/C22H25NO4/c1-2-19(27-18-9-8-16-5-3-4-6-17(16)12-18)22(24)23-13-15-7-10-20-21(11-15)26-14-25-20/h7-12,19H,2-6,13-14H2,1H3,(H,23,24)/t19-/m0/s1. The Balaban J connectivity index is 1.36. The van der Waals surface area contributed by atoms with Gasteiger partial charge < -0.3 is 19.5 Å². The molecule has 1 amide bonds. The molecular formula is C22H25NO4. The third-order valence-corrected chi connectivity index (χ3v) is 5.17. The van der Waals surface area contributed by atoms with Gasteiger partial charge >= 0.3 is 0 Å². The number of hydrogen-bond donors (Lipinski definition) is 1. The maximum Gasteiger partial charge on any atom is 0.261 e. The molecule has 5 heteroatoms. The highest BCUT2D eigenvalue weighted by Gasteiger charge is 2.20. The van der Waals surface area contributed by atoms with Crippen molar-refractivity contribution in [1.29, 1.82) is 0 Å². The highest BCUT2D eigenvalue weighted by atomic mass is 16.7. The first-order valence-corrected chi connectivity index (χ1v) is 9.67. The van der Waals surface area contributed by atoms with E-state index in [0.29, 0.717) is 13.0 Å². The first-order valence-electron chi connectivity index (χ1n) is 9.67. The molecule has 2 aliphatic rings. The van der Waals surface area contributed by atoms with Crippen LogP contribution in [0.15, 0.2) is 36.4 Å². The van der Waals surface area contributed by atoms with Gasteiger partial charge in [0.25, 0.3) is 5.91 Å². The summed E-state index contributed by atoms with van der Waals surface area (Å²) in [6.07, 6.45) is 4.84. The Morgan fingerprint density at radius 3 is 2.74 bits per heavy atom. The number of fused-ring (bicyclic) bond motifs is 2. The van der Waals surface area contributed by atoms with E-state index < -0.39 is 6.10 Å². The number of aryl methyl sites for hydroxylation is 2. The number of rotatable bonds is 6. The van der Waals surface area contributed by atoms with Crippen molar-refractivity contribution in [2.24, 2.45) is 0 Å². The van der Waals surface area contributed by atoms with Gasteiger partial charge in [0.05, 0.1) is 0 Å². The lowest BCUT2D eigenvalue weighted by Crippen LogP contribution is -2.37. The fourth-order valence-corrected chi connectivity index (χ4v) is 3.62. The minimum atomic E-state index is -0.499. The Morgan fingerprint density at radius 2 is 1.89 bits per heavy atom. The Morgan fingerprint density at radius 1 is 1.07 bits per heavy atom. The second kappa shape index (κ2) is 7.91. The third-order valence-electron chi connectivity index (χ3n) is 5.17. The highest BCUT2D eigenvalue weighted by Crippen LogP contribution is 2.32. The summed E-state index contributed by atoms with van der Waals surface area (Å²) in [5, 5.41) is 2.96. The summed E-state index contributed by atoms with van der Waals surface area (Å²) in [6, 6.07) is 11.9. The molecule has 1 N–H and O–H groups in total. The van der Waals surface area contributed by atoms with Crippen LogP contribution in [-0.4, -0.2) is 18.8 Å². The largest absolute Gasteiger partial charge is 0.481 e. The van der Waals surface area contributed by atoms with Crippen LogP contribution >= 0.6 is 0 Å². The van der Waals surface area contributed by atoms with Crippen molar-refractivity contribution in [1.82, 2.24) is 5.32 Å². The maximum atomic E-state index is 12.6. The Hall–Kier alpha value is -2.69. The molecule has 0 radical (unpaired) electrons. The van der Waals surface area contributed by atoms with Crippen molar-refractivity contribution < 1.29 is 19.0 Å².